The van der Waals surface area contributed by atoms with Gasteiger partial charge in [-0.3, -0.25) is 4.79 Å². The summed E-state index contributed by atoms with van der Waals surface area (Å²) < 4.78 is 0. The Labute approximate surface area is 108 Å². The van der Waals surface area contributed by atoms with Gasteiger partial charge in [0.15, 0.2) is 6.29 Å². The number of hydrogen-bond acceptors (Lipinski definition) is 1. The first-order valence-corrected chi connectivity index (χ1v) is 7.41. The molecule has 0 N–H and O–H groups in total. The maximum atomic E-state index is 9.97. The minimum absolute atomic E-state index is 0.623. The van der Waals surface area contributed by atoms with Gasteiger partial charge >= 0.3 is 0 Å². The van der Waals surface area contributed by atoms with E-state index >= 15 is 0 Å². The molecular formula is C16H29O. The SMILES string of the molecule is CCCCCC/C=C/CCCCCCC[C]=O. The van der Waals surface area contributed by atoms with E-state index in [-0.39, 0.29) is 0 Å². The summed E-state index contributed by atoms with van der Waals surface area (Å²) in [6, 6.07) is 0. The van der Waals surface area contributed by atoms with Crippen LogP contribution in [0.5, 0.6) is 0 Å². The Morgan fingerprint density at radius 2 is 1.29 bits per heavy atom. The van der Waals surface area contributed by atoms with Crippen molar-refractivity contribution in [1.82, 2.24) is 0 Å². The van der Waals surface area contributed by atoms with Gasteiger partial charge in [0, 0.05) is 6.42 Å². The van der Waals surface area contributed by atoms with Gasteiger partial charge in [-0.05, 0) is 32.1 Å². The van der Waals surface area contributed by atoms with Crippen LogP contribution in [0.15, 0.2) is 12.2 Å². The highest BCUT2D eigenvalue weighted by atomic mass is 16.1. The van der Waals surface area contributed by atoms with Gasteiger partial charge < -0.3 is 0 Å². The number of hydrogen-bond donors (Lipinski definition) is 0. The van der Waals surface area contributed by atoms with Crippen LogP contribution in [0.25, 0.3) is 0 Å². The van der Waals surface area contributed by atoms with Crippen molar-refractivity contribution in [2.45, 2.75) is 84.0 Å². The smallest absolute Gasteiger partial charge is 0.198 e. The zero-order valence-corrected chi connectivity index (χ0v) is 11.5. The minimum atomic E-state index is 0.623. The third-order valence-electron chi connectivity index (χ3n) is 3.04. The fraction of sp³-hybridized carbons (Fsp3) is 0.812. The lowest BCUT2D eigenvalue weighted by atomic mass is 10.1. The summed E-state index contributed by atoms with van der Waals surface area (Å²) in [4.78, 5) is 9.97. The molecule has 0 saturated carbocycles. The van der Waals surface area contributed by atoms with Gasteiger partial charge in [0.05, 0.1) is 0 Å². The molecule has 0 heterocycles. The van der Waals surface area contributed by atoms with Gasteiger partial charge in [-0.2, -0.15) is 0 Å². The summed E-state index contributed by atoms with van der Waals surface area (Å²) in [5.41, 5.74) is 0. The van der Waals surface area contributed by atoms with Crippen LogP contribution in [0.1, 0.15) is 84.0 Å². The summed E-state index contributed by atoms with van der Waals surface area (Å²) >= 11 is 0. The van der Waals surface area contributed by atoms with Crippen LogP contribution in [-0.2, 0) is 4.79 Å². The Hall–Kier alpha value is -0.590. The Balaban J connectivity index is 3.01. The molecule has 0 atom stereocenters. The van der Waals surface area contributed by atoms with Crippen molar-refractivity contribution in [3.63, 3.8) is 0 Å². The van der Waals surface area contributed by atoms with E-state index in [2.05, 4.69) is 19.1 Å². The summed E-state index contributed by atoms with van der Waals surface area (Å²) in [6.07, 6.45) is 21.3. The molecule has 1 heteroatoms. The number of unbranched alkanes of at least 4 members (excludes halogenated alkanes) is 10. The van der Waals surface area contributed by atoms with Gasteiger partial charge in [0.1, 0.15) is 0 Å². The normalized spacial score (nSPS) is 11.1. The van der Waals surface area contributed by atoms with E-state index < -0.39 is 0 Å². The molecule has 0 aliphatic carbocycles. The predicted molar refractivity (Wildman–Crippen MR) is 75.9 cm³/mol. The second kappa shape index (κ2) is 15.4. The molecule has 0 aliphatic heterocycles. The van der Waals surface area contributed by atoms with Crippen molar-refractivity contribution in [3.8, 4) is 0 Å². The highest BCUT2D eigenvalue weighted by Crippen LogP contribution is 2.08. The second-order valence-corrected chi connectivity index (χ2v) is 4.77. The van der Waals surface area contributed by atoms with Crippen LogP contribution >= 0.6 is 0 Å². The highest BCUT2D eigenvalue weighted by Gasteiger charge is 1.90. The molecule has 0 spiro atoms. The summed E-state index contributed by atoms with van der Waals surface area (Å²) in [7, 11) is 0. The molecule has 0 aromatic heterocycles. The molecule has 0 saturated heterocycles. The topological polar surface area (TPSA) is 17.1 Å². The molecule has 1 nitrogen and oxygen atoms in total. The van der Waals surface area contributed by atoms with E-state index in [1.165, 1.54) is 64.2 Å². The van der Waals surface area contributed by atoms with E-state index in [0.29, 0.717) is 6.42 Å². The Bertz CT molecular complexity index is 172. The molecule has 0 amide bonds. The zero-order chi connectivity index (χ0) is 12.6. The van der Waals surface area contributed by atoms with Gasteiger partial charge in [-0.25, -0.2) is 0 Å². The maximum Gasteiger partial charge on any atom is 0.198 e. The van der Waals surface area contributed by atoms with E-state index in [0.717, 1.165) is 6.42 Å². The molecule has 99 valence electrons. The Kier molecular flexibility index (Phi) is 14.9. The molecule has 0 aromatic rings. The third kappa shape index (κ3) is 15.4. The van der Waals surface area contributed by atoms with Crippen molar-refractivity contribution >= 4 is 6.29 Å². The molecule has 0 rings (SSSR count). The first kappa shape index (κ1) is 16.4. The summed E-state index contributed by atoms with van der Waals surface area (Å²) in [5.74, 6) is 0. The van der Waals surface area contributed by atoms with Crippen LogP contribution in [0.3, 0.4) is 0 Å². The zero-order valence-electron chi connectivity index (χ0n) is 11.5. The van der Waals surface area contributed by atoms with Gasteiger partial charge in [-0.15, -0.1) is 0 Å². The largest absolute Gasteiger partial charge is 0.291 e. The molecule has 0 unspecified atom stereocenters. The quantitative estimate of drug-likeness (QED) is 0.311. The highest BCUT2D eigenvalue weighted by molar-refractivity contribution is 5.50. The van der Waals surface area contributed by atoms with Gasteiger partial charge in [0.2, 0.25) is 0 Å². The van der Waals surface area contributed by atoms with Crippen molar-refractivity contribution in [3.05, 3.63) is 12.2 Å². The third-order valence-corrected chi connectivity index (χ3v) is 3.04. The minimum Gasteiger partial charge on any atom is -0.291 e. The molecule has 0 aliphatic rings. The lowest BCUT2D eigenvalue weighted by molar-refractivity contribution is 0.542. The monoisotopic (exact) mass is 237 g/mol. The average molecular weight is 237 g/mol. The summed E-state index contributed by atoms with van der Waals surface area (Å²) in [5, 5.41) is 0. The number of carbonyl (C=O) groups excluding carboxylic acids is 1. The standard InChI is InChI=1S/C16H29O/c1-2-3-4-5-6-7-8-9-10-11-12-13-14-15-16-17/h7-8H,2-6,9-15H2,1H3/b8-7+. The van der Waals surface area contributed by atoms with Crippen LogP contribution in [0.4, 0.5) is 0 Å². The molecule has 0 fully saturated rings. The van der Waals surface area contributed by atoms with Crippen LogP contribution in [0, 0.1) is 0 Å². The Morgan fingerprint density at radius 1 is 0.765 bits per heavy atom. The fourth-order valence-electron chi connectivity index (χ4n) is 1.91. The predicted octanol–water partition coefficient (Wildman–Crippen LogP) is 5.35. The Morgan fingerprint density at radius 3 is 1.88 bits per heavy atom. The van der Waals surface area contributed by atoms with E-state index in [9.17, 15) is 4.79 Å². The van der Waals surface area contributed by atoms with Gasteiger partial charge in [-0.1, -0.05) is 57.6 Å². The molecule has 0 bridgehead atoms. The maximum absolute atomic E-state index is 9.97. The van der Waals surface area contributed by atoms with Crippen LogP contribution in [-0.4, -0.2) is 6.29 Å². The fourth-order valence-corrected chi connectivity index (χ4v) is 1.91. The molecule has 1 radical (unpaired) electrons. The second-order valence-electron chi connectivity index (χ2n) is 4.77. The van der Waals surface area contributed by atoms with Crippen molar-refractivity contribution in [2.75, 3.05) is 0 Å². The lowest BCUT2D eigenvalue weighted by Gasteiger charge is -1.97. The van der Waals surface area contributed by atoms with Crippen molar-refractivity contribution in [1.29, 1.82) is 0 Å². The molecule has 0 aromatic carbocycles. The molecule has 17 heavy (non-hydrogen) atoms. The summed E-state index contributed by atoms with van der Waals surface area (Å²) in [6.45, 7) is 2.25. The van der Waals surface area contributed by atoms with Crippen LogP contribution in [0.2, 0.25) is 0 Å². The lowest BCUT2D eigenvalue weighted by Crippen LogP contribution is -1.80. The molecular weight excluding hydrogens is 208 g/mol. The number of rotatable bonds is 13. The first-order valence-electron chi connectivity index (χ1n) is 7.41. The first-order chi connectivity index (χ1) is 8.41. The average Bonchev–Trinajstić information content (AvgIpc) is 2.35. The van der Waals surface area contributed by atoms with Crippen molar-refractivity contribution in [2.24, 2.45) is 0 Å². The van der Waals surface area contributed by atoms with Crippen LogP contribution < -0.4 is 0 Å². The van der Waals surface area contributed by atoms with E-state index in [4.69, 9.17) is 0 Å². The van der Waals surface area contributed by atoms with E-state index in [1.54, 1.807) is 0 Å². The van der Waals surface area contributed by atoms with Gasteiger partial charge in [0.25, 0.3) is 0 Å². The van der Waals surface area contributed by atoms with E-state index in [1.807, 2.05) is 6.29 Å². The number of allylic oxidation sites excluding steroid dienone is 2. The van der Waals surface area contributed by atoms with Crippen molar-refractivity contribution < 1.29 is 4.79 Å².